The number of benzene rings is 1. The van der Waals surface area contributed by atoms with E-state index in [1.165, 1.54) is 0 Å². The van der Waals surface area contributed by atoms with Crippen LogP contribution in [0.3, 0.4) is 0 Å². The van der Waals surface area contributed by atoms with E-state index in [0.29, 0.717) is 6.42 Å². The maximum Gasteiger partial charge on any atom is 0.326 e. The number of hydrogen-bond donors (Lipinski definition) is 2. The molecule has 0 aliphatic rings. The van der Waals surface area contributed by atoms with Gasteiger partial charge in [-0.05, 0) is 23.9 Å². The first-order valence-electron chi connectivity index (χ1n) is 6.18. The highest BCUT2D eigenvalue weighted by atomic mass is 16.4. The van der Waals surface area contributed by atoms with E-state index in [-0.39, 0.29) is 12.5 Å². The van der Waals surface area contributed by atoms with Crippen molar-refractivity contribution in [2.45, 2.75) is 25.9 Å². The lowest BCUT2D eigenvalue weighted by molar-refractivity contribution is -0.142. The highest BCUT2D eigenvalue weighted by Crippen LogP contribution is 2.14. The highest BCUT2D eigenvalue weighted by molar-refractivity contribution is 5.86. The monoisotopic (exact) mass is 260 g/mol. The molecule has 100 valence electrons. The van der Waals surface area contributed by atoms with Crippen molar-refractivity contribution < 1.29 is 14.7 Å². The highest BCUT2D eigenvalue weighted by Gasteiger charge is 2.17. The molecule has 2 N–H and O–H groups in total. The number of carboxylic acid groups (broad SMARTS) is 1. The Hall–Kier alpha value is -2.30. The van der Waals surface area contributed by atoms with E-state index in [1.54, 1.807) is 11.5 Å². The van der Waals surface area contributed by atoms with Crippen molar-refractivity contribution in [3.8, 4) is 0 Å². The smallest absolute Gasteiger partial charge is 0.326 e. The van der Waals surface area contributed by atoms with Crippen LogP contribution < -0.4 is 5.32 Å². The van der Waals surface area contributed by atoms with Crippen LogP contribution >= 0.6 is 0 Å². The summed E-state index contributed by atoms with van der Waals surface area (Å²) < 4.78 is 1.80. The number of amides is 1. The number of aliphatic carboxylic acids is 1. The molecule has 0 radical (unpaired) electrons. The van der Waals surface area contributed by atoms with Crippen molar-refractivity contribution in [2.75, 3.05) is 0 Å². The summed E-state index contributed by atoms with van der Waals surface area (Å²) >= 11 is 0. The van der Waals surface area contributed by atoms with Gasteiger partial charge in [-0.3, -0.25) is 4.79 Å². The van der Waals surface area contributed by atoms with Crippen molar-refractivity contribution in [1.29, 1.82) is 0 Å². The van der Waals surface area contributed by atoms with Gasteiger partial charge in [0.25, 0.3) is 0 Å². The van der Waals surface area contributed by atoms with Gasteiger partial charge in [-0.25, -0.2) is 4.79 Å². The maximum atomic E-state index is 11.8. The van der Waals surface area contributed by atoms with E-state index < -0.39 is 12.0 Å². The second-order valence-electron chi connectivity index (χ2n) is 4.37. The van der Waals surface area contributed by atoms with Crippen LogP contribution in [0.25, 0.3) is 10.9 Å². The molecule has 0 spiro atoms. The van der Waals surface area contributed by atoms with Gasteiger partial charge >= 0.3 is 5.97 Å². The molecule has 1 unspecified atom stereocenters. The standard InChI is InChI=1S/C14H16N2O3/c1-2-11(14(18)19)15-13(17)9-16-8-7-10-5-3-4-6-12(10)16/h3-8,11H,2,9H2,1H3,(H,15,17)(H,18,19). The molecule has 2 rings (SSSR count). The first kappa shape index (κ1) is 13.1. The van der Waals surface area contributed by atoms with E-state index in [9.17, 15) is 9.59 Å². The zero-order chi connectivity index (χ0) is 13.8. The molecule has 1 amide bonds. The first-order valence-corrected chi connectivity index (χ1v) is 6.18. The Bertz CT molecular complexity index is 604. The van der Waals surface area contributed by atoms with Crippen LogP contribution in [0.15, 0.2) is 36.5 Å². The number of carbonyl (C=O) groups is 2. The normalized spacial score (nSPS) is 12.3. The topological polar surface area (TPSA) is 71.3 Å². The zero-order valence-electron chi connectivity index (χ0n) is 10.7. The van der Waals surface area contributed by atoms with Gasteiger partial charge in [-0.2, -0.15) is 0 Å². The molecule has 5 nitrogen and oxygen atoms in total. The molecule has 0 fully saturated rings. The third-order valence-electron chi connectivity index (χ3n) is 3.04. The first-order chi connectivity index (χ1) is 9.11. The maximum absolute atomic E-state index is 11.8. The Morgan fingerprint density at radius 3 is 2.74 bits per heavy atom. The van der Waals surface area contributed by atoms with Gasteiger partial charge in [0.15, 0.2) is 0 Å². The van der Waals surface area contributed by atoms with Crippen molar-refractivity contribution >= 4 is 22.8 Å². The number of aromatic nitrogens is 1. The number of carboxylic acids is 1. The number of fused-ring (bicyclic) bond motifs is 1. The van der Waals surface area contributed by atoms with Gasteiger partial charge in [-0.15, -0.1) is 0 Å². The zero-order valence-corrected chi connectivity index (χ0v) is 10.7. The van der Waals surface area contributed by atoms with Crippen molar-refractivity contribution in [2.24, 2.45) is 0 Å². The molecule has 1 aromatic heterocycles. The Kier molecular flexibility index (Phi) is 3.85. The minimum Gasteiger partial charge on any atom is -0.480 e. The predicted octanol–water partition coefficient (Wildman–Crippen LogP) is 1.62. The Morgan fingerprint density at radius 1 is 1.32 bits per heavy atom. The van der Waals surface area contributed by atoms with Gasteiger partial charge in [0.05, 0.1) is 0 Å². The van der Waals surface area contributed by atoms with Gasteiger partial charge in [0.1, 0.15) is 12.6 Å². The van der Waals surface area contributed by atoms with Gasteiger partial charge in [-0.1, -0.05) is 25.1 Å². The number of nitrogens with one attached hydrogen (secondary N) is 1. The number of rotatable bonds is 5. The summed E-state index contributed by atoms with van der Waals surface area (Å²) in [6.45, 7) is 1.85. The van der Waals surface area contributed by atoms with Gasteiger partial charge < -0.3 is 15.0 Å². The largest absolute Gasteiger partial charge is 0.480 e. The molecule has 1 heterocycles. The molecule has 0 bridgehead atoms. The molecule has 0 aliphatic heterocycles. The van der Waals surface area contributed by atoms with Gasteiger partial charge in [0, 0.05) is 11.7 Å². The van der Waals surface area contributed by atoms with Crippen LogP contribution in [0.5, 0.6) is 0 Å². The van der Waals surface area contributed by atoms with Crippen molar-refractivity contribution in [1.82, 2.24) is 9.88 Å². The second kappa shape index (κ2) is 5.56. The molecule has 2 aromatic rings. The van der Waals surface area contributed by atoms with Crippen LogP contribution in [-0.2, 0) is 16.1 Å². The molecule has 1 aromatic carbocycles. The fourth-order valence-electron chi connectivity index (χ4n) is 2.01. The SMILES string of the molecule is CCC(NC(=O)Cn1ccc2ccccc21)C(=O)O. The average Bonchev–Trinajstić information content (AvgIpc) is 2.79. The third-order valence-corrected chi connectivity index (χ3v) is 3.04. The third kappa shape index (κ3) is 2.93. The van der Waals surface area contributed by atoms with Crippen molar-refractivity contribution in [3.63, 3.8) is 0 Å². The van der Waals surface area contributed by atoms with Crippen LogP contribution in [-0.4, -0.2) is 27.6 Å². The lowest BCUT2D eigenvalue weighted by atomic mass is 10.2. The average molecular weight is 260 g/mol. The fourth-order valence-corrected chi connectivity index (χ4v) is 2.01. The number of carbonyl (C=O) groups excluding carboxylic acids is 1. The quantitative estimate of drug-likeness (QED) is 0.858. The Morgan fingerprint density at radius 2 is 2.05 bits per heavy atom. The second-order valence-corrected chi connectivity index (χ2v) is 4.37. The van der Waals surface area contributed by atoms with E-state index >= 15 is 0 Å². The predicted molar refractivity (Wildman–Crippen MR) is 71.8 cm³/mol. The molecule has 1 atom stereocenters. The lowest BCUT2D eigenvalue weighted by Gasteiger charge is -2.13. The van der Waals surface area contributed by atoms with Crippen molar-refractivity contribution in [3.05, 3.63) is 36.5 Å². The summed E-state index contributed by atoms with van der Waals surface area (Å²) in [5.74, 6) is -1.30. The van der Waals surface area contributed by atoms with E-state index in [1.807, 2.05) is 36.5 Å². The van der Waals surface area contributed by atoms with E-state index in [0.717, 1.165) is 10.9 Å². The Balaban J connectivity index is 2.09. The van der Waals surface area contributed by atoms with Crippen LogP contribution in [0.2, 0.25) is 0 Å². The van der Waals surface area contributed by atoms with E-state index in [4.69, 9.17) is 5.11 Å². The molecule has 0 saturated heterocycles. The summed E-state index contributed by atoms with van der Waals surface area (Å²) in [4.78, 5) is 22.7. The molecule has 0 aliphatic carbocycles. The number of para-hydroxylation sites is 1. The minimum atomic E-state index is -1.01. The summed E-state index contributed by atoms with van der Waals surface area (Å²) in [7, 11) is 0. The Labute approximate surface area is 110 Å². The molecule has 19 heavy (non-hydrogen) atoms. The molecular weight excluding hydrogens is 244 g/mol. The fraction of sp³-hybridized carbons (Fsp3) is 0.286. The summed E-state index contributed by atoms with van der Waals surface area (Å²) in [6, 6.07) is 8.84. The lowest BCUT2D eigenvalue weighted by Crippen LogP contribution is -2.41. The van der Waals surface area contributed by atoms with Gasteiger partial charge in [0.2, 0.25) is 5.91 Å². The minimum absolute atomic E-state index is 0.122. The summed E-state index contributed by atoms with van der Waals surface area (Å²) in [6.07, 6.45) is 2.19. The van der Waals surface area contributed by atoms with Crippen LogP contribution in [0.1, 0.15) is 13.3 Å². The van der Waals surface area contributed by atoms with Crippen LogP contribution in [0.4, 0.5) is 0 Å². The number of hydrogen-bond acceptors (Lipinski definition) is 2. The van der Waals surface area contributed by atoms with Crippen LogP contribution in [0, 0.1) is 0 Å². The summed E-state index contributed by atoms with van der Waals surface area (Å²) in [5, 5.41) is 12.5. The van der Waals surface area contributed by atoms with E-state index in [2.05, 4.69) is 5.32 Å². The molecule has 5 heteroatoms. The summed E-state index contributed by atoms with van der Waals surface area (Å²) in [5.41, 5.74) is 0.959. The molecular formula is C14H16N2O3. The number of nitrogens with zero attached hydrogens (tertiary/aromatic N) is 1. The molecule has 0 saturated carbocycles.